The van der Waals surface area contributed by atoms with Crippen molar-refractivity contribution >= 4 is 39.5 Å². The van der Waals surface area contributed by atoms with E-state index in [-0.39, 0.29) is 5.78 Å². The molecule has 0 radical (unpaired) electrons. The number of carbonyl (C=O) groups is 2. The highest BCUT2D eigenvalue weighted by Crippen LogP contribution is 2.29. The molecule has 4 aromatic carbocycles. The Bertz CT molecular complexity index is 1510. The third kappa shape index (κ3) is 3.59. The van der Waals surface area contributed by atoms with Gasteiger partial charge >= 0.3 is 5.97 Å². The van der Waals surface area contributed by atoms with Gasteiger partial charge in [0.25, 0.3) is 0 Å². The Balaban J connectivity index is 1.69. The van der Waals surface area contributed by atoms with Gasteiger partial charge in [0.2, 0.25) is 0 Å². The number of aromatic nitrogens is 1. The van der Waals surface area contributed by atoms with Gasteiger partial charge < -0.3 is 9.67 Å². The second-order valence-electron chi connectivity index (χ2n) is 7.59. The Morgan fingerprint density at radius 2 is 1.53 bits per heavy atom. The Hall–Kier alpha value is -4.44. The molecule has 154 valence electrons. The minimum Gasteiger partial charge on any atom is -0.478 e. The normalized spacial score (nSPS) is 11.4. The van der Waals surface area contributed by atoms with Crippen LogP contribution < -0.4 is 0 Å². The van der Waals surface area contributed by atoms with Gasteiger partial charge in [-0.25, -0.2) is 4.79 Å². The van der Waals surface area contributed by atoms with Gasteiger partial charge in [0.15, 0.2) is 5.78 Å². The quantitative estimate of drug-likeness (QED) is 0.277. The van der Waals surface area contributed by atoms with Crippen molar-refractivity contribution in [2.24, 2.45) is 0 Å². The second-order valence-corrected chi connectivity index (χ2v) is 7.59. The maximum absolute atomic E-state index is 13.6. The molecule has 0 saturated heterocycles. The van der Waals surface area contributed by atoms with Gasteiger partial charge in [-0.1, -0.05) is 60.7 Å². The summed E-state index contributed by atoms with van der Waals surface area (Å²) in [6, 6.07) is 29.1. The summed E-state index contributed by atoms with van der Waals surface area (Å²) in [5.74, 6) is -1.09. The SMILES string of the molecule is O=C(O)/C=C/c1ccc2c(c1)c(C(=O)c1ccc3ccccc3c1)cn2-c1ccccc1. The number of nitrogens with zero attached hydrogens (tertiary/aromatic N) is 1. The van der Waals surface area contributed by atoms with E-state index in [1.807, 2.05) is 102 Å². The molecule has 32 heavy (non-hydrogen) atoms. The van der Waals surface area contributed by atoms with E-state index in [1.165, 1.54) is 6.08 Å². The lowest BCUT2D eigenvalue weighted by molar-refractivity contribution is -0.131. The molecule has 4 heteroatoms. The molecular formula is C28H19NO3. The number of ketones is 1. The molecule has 4 nitrogen and oxygen atoms in total. The van der Waals surface area contributed by atoms with Gasteiger partial charge in [-0.05, 0) is 52.7 Å². The van der Waals surface area contributed by atoms with Gasteiger partial charge in [0, 0.05) is 34.5 Å². The monoisotopic (exact) mass is 417 g/mol. The van der Waals surface area contributed by atoms with Gasteiger partial charge in [-0.15, -0.1) is 0 Å². The number of carboxylic acids is 1. The molecular weight excluding hydrogens is 398 g/mol. The van der Waals surface area contributed by atoms with Crippen LogP contribution in [0.4, 0.5) is 0 Å². The summed E-state index contributed by atoms with van der Waals surface area (Å²) in [6.07, 6.45) is 4.49. The molecule has 0 amide bonds. The van der Waals surface area contributed by atoms with Crippen LogP contribution in [-0.4, -0.2) is 21.4 Å². The lowest BCUT2D eigenvalue weighted by Crippen LogP contribution is -2.00. The van der Waals surface area contributed by atoms with E-state index in [2.05, 4.69) is 0 Å². The van der Waals surface area contributed by atoms with Crippen LogP contribution in [0.1, 0.15) is 21.5 Å². The largest absolute Gasteiger partial charge is 0.478 e. The first kappa shape index (κ1) is 19.5. The summed E-state index contributed by atoms with van der Waals surface area (Å²) in [5.41, 5.74) is 3.74. The fourth-order valence-corrected chi connectivity index (χ4v) is 3.99. The highest BCUT2D eigenvalue weighted by atomic mass is 16.4. The summed E-state index contributed by atoms with van der Waals surface area (Å²) in [5, 5.41) is 11.8. The highest BCUT2D eigenvalue weighted by molar-refractivity contribution is 6.17. The van der Waals surface area contributed by atoms with Crippen LogP contribution in [0.3, 0.4) is 0 Å². The van der Waals surface area contributed by atoms with Gasteiger partial charge in [-0.2, -0.15) is 0 Å². The van der Waals surface area contributed by atoms with Crippen LogP contribution in [-0.2, 0) is 4.79 Å². The minimum absolute atomic E-state index is 0.0743. The van der Waals surface area contributed by atoms with Crippen molar-refractivity contribution in [1.29, 1.82) is 0 Å². The molecule has 0 atom stereocenters. The number of para-hydroxylation sites is 1. The first-order chi connectivity index (χ1) is 15.6. The molecule has 1 heterocycles. The maximum Gasteiger partial charge on any atom is 0.328 e. The van der Waals surface area contributed by atoms with E-state index >= 15 is 0 Å². The zero-order valence-corrected chi connectivity index (χ0v) is 17.1. The second kappa shape index (κ2) is 8.00. The third-order valence-electron chi connectivity index (χ3n) is 5.54. The molecule has 0 aliphatic heterocycles. The minimum atomic E-state index is -1.01. The molecule has 0 aliphatic carbocycles. The summed E-state index contributed by atoms with van der Waals surface area (Å²) in [6.45, 7) is 0. The number of hydrogen-bond donors (Lipinski definition) is 1. The van der Waals surface area contributed by atoms with E-state index in [1.54, 1.807) is 0 Å². The molecule has 1 N–H and O–H groups in total. The summed E-state index contributed by atoms with van der Waals surface area (Å²) in [7, 11) is 0. The van der Waals surface area contributed by atoms with Crippen molar-refractivity contribution in [3.05, 3.63) is 120 Å². The summed E-state index contributed by atoms with van der Waals surface area (Å²) >= 11 is 0. The topological polar surface area (TPSA) is 59.3 Å². The fraction of sp³-hybridized carbons (Fsp3) is 0. The fourth-order valence-electron chi connectivity index (χ4n) is 3.99. The van der Waals surface area contributed by atoms with Crippen LogP contribution in [0, 0.1) is 0 Å². The molecule has 0 aliphatic rings. The highest BCUT2D eigenvalue weighted by Gasteiger charge is 2.18. The molecule has 1 aromatic heterocycles. The number of fused-ring (bicyclic) bond motifs is 2. The zero-order valence-electron chi connectivity index (χ0n) is 17.1. The first-order valence-corrected chi connectivity index (χ1v) is 10.3. The van der Waals surface area contributed by atoms with Crippen molar-refractivity contribution in [2.75, 3.05) is 0 Å². The van der Waals surface area contributed by atoms with Gasteiger partial charge in [-0.3, -0.25) is 4.79 Å². The molecule has 0 fully saturated rings. The van der Waals surface area contributed by atoms with Crippen LogP contribution in [0.2, 0.25) is 0 Å². The van der Waals surface area contributed by atoms with E-state index in [0.717, 1.165) is 39.0 Å². The molecule has 0 spiro atoms. The Kier molecular flexibility index (Phi) is 4.88. The number of rotatable bonds is 5. The van der Waals surface area contributed by atoms with Crippen LogP contribution >= 0.6 is 0 Å². The Morgan fingerprint density at radius 1 is 0.781 bits per heavy atom. The number of hydrogen-bond acceptors (Lipinski definition) is 2. The number of benzene rings is 4. The van der Waals surface area contributed by atoms with E-state index in [4.69, 9.17) is 5.11 Å². The van der Waals surface area contributed by atoms with E-state index < -0.39 is 5.97 Å². The number of carboxylic acid groups (broad SMARTS) is 1. The number of carbonyl (C=O) groups excluding carboxylic acids is 1. The average molecular weight is 417 g/mol. The molecule has 5 aromatic rings. The zero-order chi connectivity index (χ0) is 22.1. The Morgan fingerprint density at radius 3 is 2.31 bits per heavy atom. The maximum atomic E-state index is 13.6. The Labute approximate surface area is 184 Å². The van der Waals surface area contributed by atoms with Gasteiger partial charge in [0.05, 0.1) is 5.52 Å². The summed E-state index contributed by atoms with van der Waals surface area (Å²) in [4.78, 5) is 24.5. The van der Waals surface area contributed by atoms with Crippen molar-refractivity contribution in [1.82, 2.24) is 4.57 Å². The van der Waals surface area contributed by atoms with Gasteiger partial charge in [0.1, 0.15) is 0 Å². The van der Waals surface area contributed by atoms with E-state index in [9.17, 15) is 9.59 Å². The first-order valence-electron chi connectivity index (χ1n) is 10.3. The van der Waals surface area contributed by atoms with Crippen LogP contribution in [0.5, 0.6) is 0 Å². The van der Waals surface area contributed by atoms with Crippen LogP contribution in [0.25, 0.3) is 33.4 Å². The standard InChI is InChI=1S/C28H19NO3/c30-27(31)15-11-19-10-14-26-24(16-19)25(18-29(26)23-8-2-1-3-9-23)28(32)22-13-12-20-6-4-5-7-21(20)17-22/h1-18H,(H,30,31)/b15-11+. The lowest BCUT2D eigenvalue weighted by atomic mass is 9.99. The van der Waals surface area contributed by atoms with Crippen molar-refractivity contribution in [3.8, 4) is 5.69 Å². The predicted molar refractivity (Wildman–Crippen MR) is 127 cm³/mol. The molecule has 5 rings (SSSR count). The van der Waals surface area contributed by atoms with Crippen molar-refractivity contribution in [3.63, 3.8) is 0 Å². The smallest absolute Gasteiger partial charge is 0.328 e. The van der Waals surface area contributed by atoms with Crippen molar-refractivity contribution in [2.45, 2.75) is 0 Å². The molecule has 0 bridgehead atoms. The van der Waals surface area contributed by atoms with Crippen LogP contribution in [0.15, 0.2) is 103 Å². The predicted octanol–water partition coefficient (Wildman–Crippen LogP) is 6.11. The van der Waals surface area contributed by atoms with Crippen molar-refractivity contribution < 1.29 is 14.7 Å². The van der Waals surface area contributed by atoms with E-state index in [0.29, 0.717) is 11.1 Å². The lowest BCUT2D eigenvalue weighted by Gasteiger charge is -2.05. The summed E-state index contributed by atoms with van der Waals surface area (Å²) < 4.78 is 1.99. The number of aliphatic carboxylic acids is 1. The molecule has 0 saturated carbocycles. The molecule has 0 unspecified atom stereocenters. The average Bonchev–Trinajstić information content (AvgIpc) is 3.21. The third-order valence-corrected chi connectivity index (χ3v) is 5.54.